The van der Waals surface area contributed by atoms with Gasteiger partial charge in [0, 0.05) is 93.4 Å². The number of aliphatic hydroxyl groups is 7. The molecule has 0 aromatic heterocycles. The second kappa shape index (κ2) is 49.3. The molecule has 149 heavy (non-hydrogen) atoms. The Labute approximate surface area is 869 Å². The van der Waals surface area contributed by atoms with E-state index in [1.807, 2.05) is 4.90 Å². The number of ether oxygens (including phenoxy) is 8. The number of carbonyl (C=O) groups excluding carboxylic acids is 10. The molecule has 0 spiro atoms. The first-order chi connectivity index (χ1) is 71.3. The van der Waals surface area contributed by atoms with Gasteiger partial charge in [-0.05, 0) is 198 Å². The number of benzene rings is 7. The number of hydrogen-bond acceptors (Lipinski definition) is 35. The van der Waals surface area contributed by atoms with E-state index in [1.54, 1.807) is 14.1 Å². The number of aromatic hydroxyl groups is 3. The molecule has 8 amide bonds. The highest BCUT2D eigenvalue weighted by molar-refractivity contribution is 7.64. The topological polar surface area (TPSA) is 600 Å². The van der Waals surface area contributed by atoms with Crippen LogP contribution in [0.4, 0.5) is 0 Å². The Hall–Kier alpha value is -12.1. The molecule has 0 radical (unpaired) electrons. The van der Waals surface area contributed by atoms with Gasteiger partial charge in [-0.25, -0.2) is 4.79 Å². The first-order valence-electron chi connectivity index (χ1n) is 50.0. The number of nitrogens with one attached hydrogen (secondary N) is 9. The Kier molecular flexibility index (Phi) is 36.8. The number of nitrogens with zero attached hydrogens (tertiary/aromatic N) is 4. The van der Waals surface area contributed by atoms with E-state index in [-0.39, 0.29) is 75.4 Å². The van der Waals surface area contributed by atoms with Crippen molar-refractivity contribution >= 4 is 90.3 Å². The molecular formula is C103H128Cl2N13O30P. The molecule has 0 aliphatic carbocycles. The van der Waals surface area contributed by atoms with Gasteiger partial charge in [0.15, 0.2) is 29.1 Å². The van der Waals surface area contributed by atoms with Crippen LogP contribution < -0.4 is 81.2 Å². The summed E-state index contributed by atoms with van der Waals surface area (Å²) in [6.07, 6.45) is -10.2. The number of halogens is 2. The van der Waals surface area contributed by atoms with Crippen LogP contribution >= 0.6 is 31.1 Å². The van der Waals surface area contributed by atoms with Crippen LogP contribution in [0, 0.1) is 5.92 Å². The zero-order valence-electron chi connectivity index (χ0n) is 83.2. The zero-order chi connectivity index (χ0) is 107. The number of unbranched alkanes of at least 4 members (excludes halogenated alkanes) is 5. The number of hydrogen-bond donors (Lipinski definition) is 19. The molecule has 5 fully saturated rings. The molecule has 17 bridgehead atoms. The fraction of sp³-hybridized carbons (Fsp3) is 0.495. The van der Waals surface area contributed by atoms with Crippen LogP contribution in [0.3, 0.4) is 0 Å². The average molecular weight is 2130 g/mol. The molecule has 5 saturated heterocycles. The SMILES string of the molecule is CC(=O)[O-].CN[C@H]1C(=O)N[C@@H]2Cc3ccc(cc3)Oc3cc4cc(c3O[C@@H]3O[C@H](C(=O)OC)[C@@H](O)[C@H](O)[C@H]3NC(=O)CCCCCCCCC(C)C)Oc3ccc(cc3Cl)[C@@H](O)[C@@H]3NC(=O)[C@H](NC(=O)[C@@H]4NC(=O)[C@@H](NC2=O)c2cc(cc(O[P+](N4CCCC4)(N4CCCC4)N4CCCC4)c2Cl)Oc2cc1ccc2O)c1ccc(O)c(c1)-c1c(O[C@H]2O[C@H](CO)[C@@H](O)[C@H](O)[C@@H]2O)cc(O)cc1[C@H](C(=O)NCCCN(C)C)NC3=O. The van der Waals surface area contributed by atoms with Crippen LogP contribution in [-0.2, 0) is 68.6 Å². The third-order valence-corrected chi connectivity index (χ3v) is 32.0. The van der Waals surface area contributed by atoms with Crippen molar-refractivity contribution in [1.82, 2.24) is 66.8 Å². The summed E-state index contributed by atoms with van der Waals surface area (Å²) < 4.78 is 66.2. The van der Waals surface area contributed by atoms with Crippen molar-refractivity contribution in [3.63, 3.8) is 0 Å². The molecule has 11 heterocycles. The summed E-state index contributed by atoms with van der Waals surface area (Å²) in [5.74, 6) is -16.1. The number of fused-ring (bicyclic) bond motifs is 14. The number of carboxylic acids is 1. The van der Waals surface area contributed by atoms with Gasteiger partial charge in [-0.3, -0.25) is 42.9 Å². The fourth-order valence-corrected chi connectivity index (χ4v) is 24.6. The number of amides is 8. The Bertz CT molecular complexity index is 5990. The molecule has 11 aliphatic rings. The van der Waals surface area contributed by atoms with E-state index >= 15 is 33.6 Å². The van der Waals surface area contributed by atoms with Crippen LogP contribution in [0.2, 0.25) is 10.0 Å². The van der Waals surface area contributed by atoms with Gasteiger partial charge in [0.05, 0.1) is 23.8 Å². The van der Waals surface area contributed by atoms with E-state index in [1.165, 1.54) is 73.8 Å². The lowest BCUT2D eigenvalue weighted by atomic mass is 9.89. The molecule has 11 aliphatic heterocycles. The standard InChI is InChI=1S/C101H124Cl2N13O28P.C2H4O2/c1-51(2)20-11-9-7-8-10-12-21-74(121)107-83-86(124)88(126)91(99(135)136-6)143-100(83)142-90-71-44-56-45-72(90)139-67-31-26-55(42-63(67)102)84(122)82-98(134)111-80(93(129)105-32-19-33-113(4)5)61-46-57(118)47-69(140-101-89(127)87(125)85(123)73(50-117)141-101)75(61)60-41-53(24-29-65(60)119)78(95(131)112-82)108-96(132)79(56)109-97(133)81-62-48-59(49-70(76(62)103)144-145(114-34-13-14-35-114,115-36-15-16-37-115)116-38-17-18-39-116)138-68-43-54(25-30-66(68)120)77(104-3)94(130)106-64(92(128)110-81)40-52-22-27-58(137-71)28-23-52;1-2(3)4/h22-31,41-49,51,64,73,77-89,91,100-101,104,117,122-127H,7-21,32-40,50H2,1-6H3,(H10-,105,106,107,108,109,110,111,112,118,119,120,121,128,129,130,131,132,133,134);1H3,(H,3,4)/t64-,73-,77-,78-,79-,80-,81+,82+,83-,84-,85-,86-,87+,88+,89+,91+,100-,101+;/m1./s1. The van der Waals surface area contributed by atoms with Crippen LogP contribution in [0.5, 0.6) is 69.0 Å². The summed E-state index contributed by atoms with van der Waals surface area (Å²) in [7, 11) is 2.83. The molecule has 18 rings (SSSR count). The van der Waals surface area contributed by atoms with E-state index in [2.05, 4.69) is 75.7 Å². The zero-order valence-corrected chi connectivity index (χ0v) is 85.7. The molecule has 7 aromatic carbocycles. The van der Waals surface area contributed by atoms with Gasteiger partial charge in [-0.15, -0.1) is 14.0 Å². The van der Waals surface area contributed by atoms with Gasteiger partial charge in [0.25, 0.3) is 0 Å². The molecular weight excluding hydrogens is 2000 g/mol. The Balaban J connectivity index is 0.00000408. The van der Waals surface area contributed by atoms with Gasteiger partial charge in [-0.1, -0.05) is 106 Å². The summed E-state index contributed by atoms with van der Waals surface area (Å²) >= 11 is 15.5. The Morgan fingerprint density at radius 2 is 1.16 bits per heavy atom. The molecule has 18 atom stereocenters. The van der Waals surface area contributed by atoms with Gasteiger partial charge < -0.3 is 152 Å². The molecule has 43 nitrogen and oxygen atoms in total. The monoisotopic (exact) mass is 2130 g/mol. The second-order valence-corrected chi connectivity index (χ2v) is 42.6. The molecule has 19 N–H and O–H groups in total. The molecule has 0 unspecified atom stereocenters. The molecule has 7 aromatic rings. The maximum atomic E-state index is 17.4. The maximum Gasteiger partial charge on any atom is 0.417 e. The number of phenolic OH excluding ortho intramolecular Hbond substituents is 3. The summed E-state index contributed by atoms with van der Waals surface area (Å²) in [4.78, 5) is 154. The smallest absolute Gasteiger partial charge is 0.417 e. The first-order valence-corrected chi connectivity index (χ1v) is 52.3. The number of likely N-dealkylation sites (N-methyl/N-ethyl adjacent to an activating group) is 1. The summed E-state index contributed by atoms with van der Waals surface area (Å²) in [6, 6.07) is 7.80. The number of aliphatic hydroxyl groups excluding tert-OH is 7. The Morgan fingerprint density at radius 1 is 0.564 bits per heavy atom. The van der Waals surface area contributed by atoms with Crippen molar-refractivity contribution in [2.45, 2.75) is 233 Å². The number of phenols is 3. The van der Waals surface area contributed by atoms with Crippen molar-refractivity contribution in [1.29, 1.82) is 0 Å². The minimum atomic E-state index is -3.21. The van der Waals surface area contributed by atoms with Crippen LogP contribution in [0.25, 0.3) is 11.1 Å². The highest BCUT2D eigenvalue weighted by Gasteiger charge is 2.63. The number of carbonyl (C=O) groups is 10. The van der Waals surface area contributed by atoms with Gasteiger partial charge in [0.1, 0.15) is 126 Å². The molecule has 804 valence electrons. The van der Waals surface area contributed by atoms with Gasteiger partial charge in [-0.2, -0.15) is 0 Å². The lowest BCUT2D eigenvalue weighted by molar-refractivity contribution is -0.302. The van der Waals surface area contributed by atoms with Crippen LogP contribution in [0.15, 0.2) is 115 Å². The van der Waals surface area contributed by atoms with Crippen molar-refractivity contribution < 1.29 is 147 Å². The summed E-state index contributed by atoms with van der Waals surface area (Å²) in [5, 5.41) is 152. The van der Waals surface area contributed by atoms with Crippen LogP contribution in [0.1, 0.15) is 192 Å². The van der Waals surface area contributed by atoms with E-state index in [9.17, 15) is 60.7 Å². The lowest BCUT2D eigenvalue weighted by Crippen LogP contribution is -2.66. The van der Waals surface area contributed by atoms with E-state index < -0.39 is 251 Å². The molecule has 0 saturated carbocycles. The van der Waals surface area contributed by atoms with E-state index in [4.69, 9.17) is 75.5 Å². The largest absolute Gasteiger partial charge is 0.550 e. The van der Waals surface area contributed by atoms with Crippen molar-refractivity contribution in [2.75, 3.05) is 87.2 Å². The highest BCUT2D eigenvalue weighted by atomic mass is 35.5. The Morgan fingerprint density at radius 3 is 1.80 bits per heavy atom. The van der Waals surface area contributed by atoms with Crippen molar-refractivity contribution in [2.24, 2.45) is 5.92 Å². The predicted octanol–water partition coefficient (Wildman–Crippen LogP) is 5.65. The lowest BCUT2D eigenvalue weighted by Gasteiger charge is -2.41. The number of carboxylic acid groups (broad SMARTS) is 1. The average Bonchev–Trinajstić information content (AvgIpc) is 1.64. The third-order valence-electron chi connectivity index (χ3n) is 27.5. The van der Waals surface area contributed by atoms with Gasteiger partial charge >= 0.3 is 13.9 Å². The summed E-state index contributed by atoms with van der Waals surface area (Å²) in [5.41, 5.74) is -2.16. The predicted molar refractivity (Wildman–Crippen MR) is 535 cm³/mol. The van der Waals surface area contributed by atoms with E-state index in [0.717, 1.165) is 133 Å². The van der Waals surface area contributed by atoms with Crippen molar-refractivity contribution in [3.05, 3.63) is 164 Å². The maximum absolute atomic E-state index is 17.4. The number of methoxy groups -OCH3 is 1. The highest BCUT2D eigenvalue weighted by Crippen LogP contribution is 2.71. The van der Waals surface area contributed by atoms with E-state index in [0.29, 0.717) is 76.6 Å². The van der Waals surface area contributed by atoms with Gasteiger partial charge in [0.2, 0.25) is 71.3 Å². The minimum absolute atomic E-state index is 0.0706. The second-order valence-electron chi connectivity index (χ2n) is 38.9. The first kappa shape index (κ1) is 111. The fourth-order valence-electron chi connectivity index (χ4n) is 19.8. The number of esters is 1. The minimum Gasteiger partial charge on any atom is -0.550 e. The molecule has 46 heteroatoms. The normalized spacial score (nSPS) is 25.8. The number of rotatable bonds is 27. The third kappa shape index (κ3) is 25.5. The van der Waals surface area contributed by atoms with Crippen molar-refractivity contribution in [3.8, 4) is 80.1 Å². The summed E-state index contributed by atoms with van der Waals surface area (Å²) in [6.45, 7) is 8.35. The van der Waals surface area contributed by atoms with Crippen LogP contribution in [-0.4, -0.2) is 290 Å². The quantitative estimate of drug-likeness (QED) is 0.0168. The number of aliphatic carboxylic acids is 1.